The molecule has 25 heavy (non-hydrogen) atoms. The highest BCUT2D eigenvalue weighted by Gasteiger charge is 2.28. The number of rotatable bonds is 6. The highest BCUT2D eigenvalue weighted by molar-refractivity contribution is 5.94. The first-order chi connectivity index (χ1) is 12.0. The molecule has 0 bridgehead atoms. The molecule has 1 N–H and O–H groups in total. The normalized spacial score (nSPS) is 17.6. The summed E-state index contributed by atoms with van der Waals surface area (Å²) in [4.78, 5) is 21.3. The molecule has 3 heterocycles. The highest BCUT2D eigenvalue weighted by atomic mass is 16.5. The third-order valence-corrected chi connectivity index (χ3v) is 4.35. The van der Waals surface area contributed by atoms with Gasteiger partial charge in [0, 0.05) is 39.2 Å². The number of nitrogens with zero attached hydrogens (tertiary/aromatic N) is 5. The summed E-state index contributed by atoms with van der Waals surface area (Å²) >= 11 is 0. The number of amides is 1. The lowest BCUT2D eigenvalue weighted by molar-refractivity contribution is -0.122. The molecular weight excluding hydrogens is 324 g/mol. The van der Waals surface area contributed by atoms with Crippen LogP contribution in [0.1, 0.15) is 30.8 Å². The molecule has 2 aromatic rings. The van der Waals surface area contributed by atoms with Gasteiger partial charge in [0.25, 0.3) is 0 Å². The summed E-state index contributed by atoms with van der Waals surface area (Å²) in [5.41, 5.74) is 0. The molecule has 2 aromatic heterocycles. The second kappa shape index (κ2) is 7.75. The van der Waals surface area contributed by atoms with Crippen molar-refractivity contribution in [2.75, 3.05) is 31.5 Å². The van der Waals surface area contributed by atoms with E-state index in [-0.39, 0.29) is 11.9 Å². The Morgan fingerprint density at radius 1 is 1.24 bits per heavy atom. The van der Waals surface area contributed by atoms with Gasteiger partial charge in [-0.3, -0.25) is 14.6 Å². The van der Waals surface area contributed by atoms with Gasteiger partial charge in [-0.15, -0.1) is 0 Å². The molecule has 0 saturated carbocycles. The van der Waals surface area contributed by atoms with Crippen LogP contribution in [0.3, 0.4) is 0 Å². The number of hydrogen-bond donors (Lipinski definition) is 1. The van der Waals surface area contributed by atoms with Crippen LogP contribution in [0.5, 0.6) is 0 Å². The van der Waals surface area contributed by atoms with Gasteiger partial charge in [0.1, 0.15) is 5.76 Å². The molecule has 9 nitrogen and oxygen atoms in total. The van der Waals surface area contributed by atoms with Gasteiger partial charge < -0.3 is 14.4 Å². The Morgan fingerprint density at radius 3 is 2.56 bits per heavy atom. The number of hydrogen-bond acceptors (Lipinski definition) is 8. The Balaban J connectivity index is 1.51. The summed E-state index contributed by atoms with van der Waals surface area (Å²) in [6, 6.07) is 1.54. The maximum atomic E-state index is 12.5. The molecule has 9 heteroatoms. The highest BCUT2D eigenvalue weighted by Crippen LogP contribution is 2.14. The first kappa shape index (κ1) is 17.6. The minimum atomic E-state index is -0.174. The van der Waals surface area contributed by atoms with E-state index in [0.717, 1.165) is 32.6 Å². The van der Waals surface area contributed by atoms with E-state index < -0.39 is 0 Å². The van der Waals surface area contributed by atoms with Gasteiger partial charge in [-0.1, -0.05) is 17.2 Å². The molecule has 1 atom stereocenters. The zero-order chi connectivity index (χ0) is 17.8. The lowest BCUT2D eigenvalue weighted by Gasteiger charge is -2.37. The number of anilines is 1. The maximum absolute atomic E-state index is 12.5. The molecule has 0 unspecified atom stereocenters. The molecule has 136 valence electrons. The molecule has 1 aliphatic rings. The molecule has 1 aliphatic heterocycles. The molecule has 0 spiro atoms. The molecular formula is C16H24N6O3. The Kier molecular flexibility index (Phi) is 5.44. The zero-order valence-electron chi connectivity index (χ0n) is 14.9. The first-order valence-electron chi connectivity index (χ1n) is 8.55. The van der Waals surface area contributed by atoms with Crippen LogP contribution in [0.2, 0.25) is 0 Å². The number of aromatic nitrogens is 3. The van der Waals surface area contributed by atoms with Crippen molar-refractivity contribution in [3.8, 4) is 0 Å². The Labute approximate surface area is 146 Å². The fourth-order valence-corrected chi connectivity index (χ4v) is 3.08. The van der Waals surface area contributed by atoms with Crippen molar-refractivity contribution >= 4 is 11.7 Å². The zero-order valence-corrected chi connectivity index (χ0v) is 14.9. The topological polar surface area (TPSA) is 101 Å². The minimum Gasteiger partial charge on any atom is -0.360 e. The van der Waals surface area contributed by atoms with Crippen LogP contribution in [0.25, 0.3) is 0 Å². The van der Waals surface area contributed by atoms with Crippen LogP contribution < -0.4 is 5.32 Å². The largest absolute Gasteiger partial charge is 0.360 e. The average molecular weight is 348 g/mol. The SMILES string of the molecule is CC[C@H](C(=O)Nc1cc(C)on1)N1CCN(Cc2noc(C)n2)CC1. The van der Waals surface area contributed by atoms with E-state index in [4.69, 9.17) is 9.05 Å². The summed E-state index contributed by atoms with van der Waals surface area (Å²) < 4.78 is 10.00. The second-order valence-electron chi connectivity index (χ2n) is 6.28. The van der Waals surface area contributed by atoms with Crippen LogP contribution in [0.15, 0.2) is 15.1 Å². The van der Waals surface area contributed by atoms with E-state index in [1.165, 1.54) is 0 Å². The maximum Gasteiger partial charge on any atom is 0.242 e. The van der Waals surface area contributed by atoms with Crippen molar-refractivity contribution in [2.24, 2.45) is 0 Å². The second-order valence-corrected chi connectivity index (χ2v) is 6.28. The van der Waals surface area contributed by atoms with Crippen LogP contribution in [0, 0.1) is 13.8 Å². The molecule has 1 fully saturated rings. The Bertz CT molecular complexity index is 704. The molecule has 0 radical (unpaired) electrons. The fourth-order valence-electron chi connectivity index (χ4n) is 3.08. The van der Waals surface area contributed by atoms with E-state index in [9.17, 15) is 4.79 Å². The van der Waals surface area contributed by atoms with E-state index >= 15 is 0 Å². The van der Waals surface area contributed by atoms with Crippen LogP contribution >= 0.6 is 0 Å². The number of carbonyl (C=O) groups is 1. The van der Waals surface area contributed by atoms with E-state index in [1.807, 2.05) is 6.92 Å². The number of carbonyl (C=O) groups excluding carboxylic acids is 1. The molecule has 1 saturated heterocycles. The quantitative estimate of drug-likeness (QED) is 0.831. The van der Waals surface area contributed by atoms with Gasteiger partial charge in [0.05, 0.1) is 12.6 Å². The van der Waals surface area contributed by atoms with Crippen molar-refractivity contribution in [3.05, 3.63) is 23.5 Å². The summed E-state index contributed by atoms with van der Waals surface area (Å²) in [6.07, 6.45) is 0.743. The van der Waals surface area contributed by atoms with Crippen molar-refractivity contribution < 1.29 is 13.8 Å². The summed E-state index contributed by atoms with van der Waals surface area (Å²) in [6.45, 7) is 9.64. The lowest BCUT2D eigenvalue weighted by Crippen LogP contribution is -2.53. The van der Waals surface area contributed by atoms with Gasteiger partial charge in [-0.05, 0) is 13.3 Å². The van der Waals surface area contributed by atoms with Crippen molar-refractivity contribution in [3.63, 3.8) is 0 Å². The van der Waals surface area contributed by atoms with Gasteiger partial charge in [-0.25, -0.2) is 0 Å². The van der Waals surface area contributed by atoms with Crippen LogP contribution in [-0.4, -0.2) is 63.2 Å². The predicted molar refractivity (Wildman–Crippen MR) is 89.8 cm³/mol. The molecule has 1 amide bonds. The minimum absolute atomic E-state index is 0.0435. The Hall–Kier alpha value is -2.26. The Morgan fingerprint density at radius 2 is 2.00 bits per heavy atom. The van der Waals surface area contributed by atoms with Gasteiger partial charge in [0.15, 0.2) is 11.6 Å². The van der Waals surface area contributed by atoms with Crippen molar-refractivity contribution in [1.82, 2.24) is 25.1 Å². The number of nitrogens with one attached hydrogen (secondary N) is 1. The lowest BCUT2D eigenvalue weighted by atomic mass is 10.1. The summed E-state index contributed by atoms with van der Waals surface area (Å²) in [7, 11) is 0. The van der Waals surface area contributed by atoms with E-state index in [2.05, 4.69) is 30.4 Å². The van der Waals surface area contributed by atoms with Crippen LogP contribution in [0.4, 0.5) is 5.82 Å². The van der Waals surface area contributed by atoms with Crippen molar-refractivity contribution in [2.45, 2.75) is 39.8 Å². The van der Waals surface area contributed by atoms with Gasteiger partial charge in [-0.2, -0.15) is 4.98 Å². The number of aryl methyl sites for hydroxylation is 2. The van der Waals surface area contributed by atoms with E-state index in [0.29, 0.717) is 29.8 Å². The molecule has 0 aliphatic carbocycles. The molecule has 3 rings (SSSR count). The summed E-state index contributed by atoms with van der Waals surface area (Å²) in [5.74, 6) is 2.38. The summed E-state index contributed by atoms with van der Waals surface area (Å²) in [5, 5.41) is 10.6. The monoisotopic (exact) mass is 348 g/mol. The van der Waals surface area contributed by atoms with E-state index in [1.54, 1.807) is 19.9 Å². The third-order valence-electron chi connectivity index (χ3n) is 4.35. The van der Waals surface area contributed by atoms with Crippen LogP contribution in [-0.2, 0) is 11.3 Å². The van der Waals surface area contributed by atoms with Crippen molar-refractivity contribution in [1.29, 1.82) is 0 Å². The fraction of sp³-hybridized carbons (Fsp3) is 0.625. The average Bonchev–Trinajstić information content (AvgIpc) is 3.18. The van der Waals surface area contributed by atoms with Gasteiger partial charge in [0.2, 0.25) is 11.8 Å². The number of piperazine rings is 1. The standard InChI is InChI=1S/C16H24N6O3/c1-4-13(16(23)18-14-9-11(2)24-19-14)22-7-5-21(6-8-22)10-15-17-12(3)25-20-15/h9,13H,4-8,10H2,1-3H3,(H,18,19,23)/t13-/m1/s1. The molecule has 0 aromatic carbocycles. The smallest absolute Gasteiger partial charge is 0.242 e. The predicted octanol–water partition coefficient (Wildman–Crippen LogP) is 1.21. The van der Waals surface area contributed by atoms with Gasteiger partial charge >= 0.3 is 0 Å². The first-order valence-corrected chi connectivity index (χ1v) is 8.55. The third kappa shape index (κ3) is 4.43.